The molecule has 2 atom stereocenters. The Morgan fingerprint density at radius 1 is 1.35 bits per heavy atom. The highest BCUT2D eigenvalue weighted by Crippen LogP contribution is 2.17. The van der Waals surface area contributed by atoms with Gasteiger partial charge in [0, 0.05) is 12.2 Å². The number of anilines is 1. The molecule has 0 bridgehead atoms. The quantitative estimate of drug-likeness (QED) is 0.889. The molecule has 2 N–H and O–H groups in total. The van der Waals surface area contributed by atoms with Gasteiger partial charge < -0.3 is 14.6 Å². The number of hydrogen-bond donors (Lipinski definition) is 2. The average molecular weight is 322 g/mol. The summed E-state index contributed by atoms with van der Waals surface area (Å²) < 4.78 is 10.5. The Balaban J connectivity index is 1.88. The summed E-state index contributed by atoms with van der Waals surface area (Å²) in [7, 11) is 1.97. The number of benzene rings is 1. The molecule has 0 saturated carbocycles. The topological polar surface area (TPSA) is 71.0 Å². The first kappa shape index (κ1) is 17.7. The molecule has 1 aromatic carbocycles. The molecule has 1 aliphatic rings. The van der Waals surface area contributed by atoms with E-state index < -0.39 is 17.8 Å². The predicted octanol–water partition coefficient (Wildman–Crippen LogP) is 2.23. The van der Waals surface area contributed by atoms with Crippen LogP contribution in [0.1, 0.15) is 26.3 Å². The zero-order valence-corrected chi connectivity index (χ0v) is 14.2. The highest BCUT2D eigenvalue weighted by Gasteiger charge is 2.29. The molecule has 1 amide bonds. The van der Waals surface area contributed by atoms with Crippen LogP contribution in [0.25, 0.3) is 0 Å². The fraction of sp³-hybridized carbons (Fsp3) is 0.588. The van der Waals surface area contributed by atoms with E-state index in [1.807, 2.05) is 52.1 Å². The van der Waals surface area contributed by atoms with E-state index in [-0.39, 0.29) is 6.04 Å². The largest absolute Gasteiger partial charge is 0.444 e. The van der Waals surface area contributed by atoms with Crippen molar-refractivity contribution in [3.8, 4) is 0 Å². The van der Waals surface area contributed by atoms with E-state index in [0.717, 1.165) is 5.56 Å². The van der Waals surface area contributed by atoms with Crippen molar-refractivity contribution in [1.29, 1.82) is 0 Å². The number of rotatable bonds is 4. The van der Waals surface area contributed by atoms with Gasteiger partial charge in [0.15, 0.2) is 0 Å². The van der Waals surface area contributed by atoms with Crippen molar-refractivity contribution in [2.24, 2.45) is 0 Å². The van der Waals surface area contributed by atoms with Crippen LogP contribution in [0.3, 0.4) is 0 Å². The second-order valence-corrected chi connectivity index (χ2v) is 6.91. The van der Waals surface area contributed by atoms with E-state index in [2.05, 4.69) is 10.2 Å². The summed E-state index contributed by atoms with van der Waals surface area (Å²) in [6.07, 6.45) is -0.901. The molecule has 128 valence electrons. The van der Waals surface area contributed by atoms with Crippen molar-refractivity contribution in [2.45, 2.75) is 45.1 Å². The van der Waals surface area contributed by atoms with E-state index in [0.29, 0.717) is 25.4 Å². The molecule has 6 nitrogen and oxygen atoms in total. The zero-order valence-electron chi connectivity index (χ0n) is 14.2. The molecule has 1 heterocycles. The Labute approximate surface area is 137 Å². The molecule has 1 saturated heterocycles. The lowest BCUT2D eigenvalue weighted by Crippen LogP contribution is -2.39. The minimum absolute atomic E-state index is 0.0227. The van der Waals surface area contributed by atoms with Crippen LogP contribution in [0.4, 0.5) is 10.5 Å². The van der Waals surface area contributed by atoms with Gasteiger partial charge in [0.2, 0.25) is 0 Å². The van der Waals surface area contributed by atoms with Crippen molar-refractivity contribution in [1.82, 2.24) is 4.90 Å². The fourth-order valence-electron chi connectivity index (χ4n) is 2.47. The maximum atomic E-state index is 11.7. The number of nitrogens with one attached hydrogen (secondary N) is 1. The molecule has 0 aromatic heterocycles. The minimum atomic E-state index is -0.517. The number of carbonyl (C=O) groups excluding carboxylic acids is 1. The molecule has 0 spiro atoms. The lowest BCUT2D eigenvalue weighted by Gasteiger charge is -2.25. The van der Waals surface area contributed by atoms with Gasteiger partial charge in [0.1, 0.15) is 5.60 Å². The molecular formula is C17H26N2O4. The van der Waals surface area contributed by atoms with Crippen molar-refractivity contribution < 1.29 is 19.4 Å². The summed E-state index contributed by atoms with van der Waals surface area (Å²) in [6.45, 7) is 7.13. The number of aliphatic hydroxyl groups is 1. The number of nitrogens with zero attached hydrogens (tertiary/aromatic N) is 1. The Morgan fingerprint density at radius 3 is 2.52 bits per heavy atom. The highest BCUT2D eigenvalue weighted by atomic mass is 16.6. The third kappa shape index (κ3) is 5.49. The summed E-state index contributed by atoms with van der Waals surface area (Å²) in [5, 5.41) is 12.6. The van der Waals surface area contributed by atoms with Crippen LogP contribution in [0.2, 0.25) is 0 Å². The minimum Gasteiger partial charge on any atom is -0.444 e. The van der Waals surface area contributed by atoms with E-state index in [1.54, 1.807) is 0 Å². The van der Waals surface area contributed by atoms with Crippen LogP contribution in [-0.2, 0) is 16.0 Å². The standard InChI is InChI=1S/C17H26N2O4/c1-17(2,3)23-16(21)18-13-7-5-12(6-8-13)9-19(4)14-10-22-11-15(14)20/h5-8,14-15,20H,9-11H2,1-4H3,(H,18,21)/t14-,15-/m1/s1. The number of likely N-dealkylation sites (N-methyl/N-ethyl adjacent to an activating group) is 1. The van der Waals surface area contributed by atoms with Crippen LogP contribution in [0, 0.1) is 0 Å². The van der Waals surface area contributed by atoms with Crippen LogP contribution in [0.15, 0.2) is 24.3 Å². The Bertz CT molecular complexity index is 524. The number of amides is 1. The Kier molecular flexibility index (Phi) is 5.62. The third-order valence-corrected chi connectivity index (χ3v) is 3.62. The highest BCUT2D eigenvalue weighted by molar-refractivity contribution is 5.84. The molecule has 2 rings (SSSR count). The molecule has 1 fully saturated rings. The summed E-state index contributed by atoms with van der Waals surface area (Å²) in [5.74, 6) is 0. The Morgan fingerprint density at radius 2 is 2.00 bits per heavy atom. The van der Waals surface area contributed by atoms with Crippen LogP contribution in [0.5, 0.6) is 0 Å². The normalized spacial score (nSPS) is 21.5. The maximum Gasteiger partial charge on any atom is 0.412 e. The van der Waals surface area contributed by atoms with Gasteiger partial charge in [-0.25, -0.2) is 4.79 Å². The number of ether oxygens (including phenoxy) is 2. The molecule has 6 heteroatoms. The van der Waals surface area contributed by atoms with Crippen molar-refractivity contribution in [3.05, 3.63) is 29.8 Å². The van der Waals surface area contributed by atoms with Gasteiger partial charge in [-0.2, -0.15) is 0 Å². The lowest BCUT2D eigenvalue weighted by molar-refractivity contribution is 0.0636. The van der Waals surface area contributed by atoms with Crippen molar-refractivity contribution in [3.63, 3.8) is 0 Å². The van der Waals surface area contributed by atoms with Crippen LogP contribution in [-0.4, -0.2) is 54.1 Å². The zero-order chi connectivity index (χ0) is 17.0. The summed E-state index contributed by atoms with van der Waals surface area (Å²) in [5.41, 5.74) is 1.27. The number of hydrogen-bond acceptors (Lipinski definition) is 5. The van der Waals surface area contributed by atoms with Gasteiger partial charge in [-0.05, 0) is 45.5 Å². The van der Waals surface area contributed by atoms with Gasteiger partial charge in [0.25, 0.3) is 0 Å². The van der Waals surface area contributed by atoms with Crippen molar-refractivity contribution >= 4 is 11.8 Å². The summed E-state index contributed by atoms with van der Waals surface area (Å²) >= 11 is 0. The second kappa shape index (κ2) is 7.29. The van der Waals surface area contributed by atoms with Gasteiger partial charge in [0.05, 0.1) is 25.4 Å². The molecule has 0 unspecified atom stereocenters. The summed E-state index contributed by atoms with van der Waals surface area (Å²) in [6, 6.07) is 7.61. The van der Waals surface area contributed by atoms with E-state index in [9.17, 15) is 9.90 Å². The molecule has 0 aliphatic carbocycles. The van der Waals surface area contributed by atoms with E-state index in [1.165, 1.54) is 0 Å². The van der Waals surface area contributed by atoms with Gasteiger partial charge in [-0.15, -0.1) is 0 Å². The SMILES string of the molecule is CN(Cc1ccc(NC(=O)OC(C)(C)C)cc1)[C@@H]1COC[C@H]1O. The van der Waals surface area contributed by atoms with Crippen molar-refractivity contribution in [2.75, 3.05) is 25.6 Å². The Hall–Kier alpha value is -1.63. The van der Waals surface area contributed by atoms with Gasteiger partial charge >= 0.3 is 6.09 Å². The van der Waals surface area contributed by atoms with Gasteiger partial charge in [-0.3, -0.25) is 10.2 Å². The molecule has 1 aliphatic heterocycles. The fourth-order valence-corrected chi connectivity index (χ4v) is 2.47. The number of aliphatic hydroxyl groups excluding tert-OH is 1. The van der Waals surface area contributed by atoms with E-state index in [4.69, 9.17) is 9.47 Å². The first-order valence-corrected chi connectivity index (χ1v) is 7.79. The van der Waals surface area contributed by atoms with E-state index >= 15 is 0 Å². The molecule has 23 heavy (non-hydrogen) atoms. The molecule has 1 aromatic rings. The molecule has 0 radical (unpaired) electrons. The third-order valence-electron chi connectivity index (χ3n) is 3.62. The second-order valence-electron chi connectivity index (χ2n) is 6.91. The van der Waals surface area contributed by atoms with Crippen LogP contribution < -0.4 is 5.32 Å². The monoisotopic (exact) mass is 322 g/mol. The number of carbonyl (C=O) groups is 1. The van der Waals surface area contributed by atoms with Gasteiger partial charge in [-0.1, -0.05) is 12.1 Å². The lowest BCUT2D eigenvalue weighted by atomic mass is 10.1. The van der Waals surface area contributed by atoms with Crippen LogP contribution >= 0.6 is 0 Å². The maximum absolute atomic E-state index is 11.7. The predicted molar refractivity (Wildman–Crippen MR) is 88.4 cm³/mol. The first-order chi connectivity index (χ1) is 10.7. The average Bonchev–Trinajstić information content (AvgIpc) is 2.85. The smallest absolute Gasteiger partial charge is 0.412 e. The first-order valence-electron chi connectivity index (χ1n) is 7.79. The summed E-state index contributed by atoms with van der Waals surface area (Å²) in [4.78, 5) is 13.8. The molecular weight excluding hydrogens is 296 g/mol.